The Morgan fingerprint density at radius 3 is 2.60 bits per heavy atom. The summed E-state index contributed by atoms with van der Waals surface area (Å²) in [5, 5.41) is 10.5. The van der Waals surface area contributed by atoms with Crippen LogP contribution in [-0.4, -0.2) is 10.7 Å². The normalized spacial score (nSPS) is 33.0. The van der Waals surface area contributed by atoms with E-state index in [1.807, 2.05) is 6.07 Å². The van der Waals surface area contributed by atoms with E-state index in [2.05, 4.69) is 32.9 Å². The van der Waals surface area contributed by atoms with Gasteiger partial charge in [-0.15, -0.1) is 0 Å². The minimum Gasteiger partial charge on any atom is -0.487 e. The zero-order valence-corrected chi connectivity index (χ0v) is 12.9. The average Bonchev–Trinajstić information content (AvgIpc) is 2.40. The molecule has 0 saturated heterocycles. The molecule has 1 aliphatic heterocycles. The summed E-state index contributed by atoms with van der Waals surface area (Å²) in [6, 6.07) is 6.17. The summed E-state index contributed by atoms with van der Waals surface area (Å²) in [7, 11) is 0. The first-order chi connectivity index (χ1) is 9.49. The van der Waals surface area contributed by atoms with Crippen LogP contribution in [0.3, 0.4) is 0 Å². The largest absolute Gasteiger partial charge is 0.487 e. The first-order valence-electron chi connectivity index (χ1n) is 7.97. The topological polar surface area (TPSA) is 29.5 Å². The number of aliphatic hydroxyl groups excluding tert-OH is 1. The molecule has 1 aromatic carbocycles. The van der Waals surface area contributed by atoms with Gasteiger partial charge in [-0.05, 0) is 56.6 Å². The Morgan fingerprint density at radius 1 is 1.25 bits per heavy atom. The van der Waals surface area contributed by atoms with Gasteiger partial charge in [0.15, 0.2) is 0 Å². The zero-order valence-electron chi connectivity index (χ0n) is 12.9. The summed E-state index contributed by atoms with van der Waals surface area (Å²) in [5.41, 5.74) is 2.04. The molecule has 1 saturated carbocycles. The van der Waals surface area contributed by atoms with Gasteiger partial charge in [0.2, 0.25) is 0 Å². The molecular formula is C18H26O2. The van der Waals surface area contributed by atoms with Crippen molar-refractivity contribution in [1.82, 2.24) is 0 Å². The Bertz CT molecular complexity index is 484. The highest BCUT2D eigenvalue weighted by molar-refractivity contribution is 5.41. The van der Waals surface area contributed by atoms with E-state index in [1.165, 1.54) is 18.4 Å². The molecule has 1 spiro atoms. The molecule has 2 nitrogen and oxygen atoms in total. The number of aliphatic hydroxyl groups is 1. The highest BCUT2D eigenvalue weighted by atomic mass is 16.5. The predicted octanol–water partition coefficient (Wildman–Crippen LogP) is 4.40. The number of rotatable bonds is 1. The summed E-state index contributed by atoms with van der Waals surface area (Å²) in [6.07, 6.45) is 5.01. The van der Waals surface area contributed by atoms with E-state index in [9.17, 15) is 5.11 Å². The maximum absolute atomic E-state index is 10.5. The second kappa shape index (κ2) is 5.07. The summed E-state index contributed by atoms with van der Waals surface area (Å²) < 4.78 is 6.35. The number of ether oxygens (including phenoxy) is 1. The SMILES string of the molecule is Cc1ccc2c(c1)C(O)CC1(CCC(C(C)C)CC1)O2. The van der Waals surface area contributed by atoms with Crippen LogP contribution in [0.1, 0.15) is 63.2 Å². The van der Waals surface area contributed by atoms with E-state index in [-0.39, 0.29) is 11.7 Å². The van der Waals surface area contributed by atoms with E-state index in [0.29, 0.717) is 0 Å². The lowest BCUT2D eigenvalue weighted by Crippen LogP contribution is -2.44. The molecule has 1 aromatic rings. The van der Waals surface area contributed by atoms with Crippen molar-refractivity contribution in [1.29, 1.82) is 0 Å². The van der Waals surface area contributed by atoms with Gasteiger partial charge in [-0.25, -0.2) is 0 Å². The van der Waals surface area contributed by atoms with Crippen molar-refractivity contribution in [3.63, 3.8) is 0 Å². The zero-order chi connectivity index (χ0) is 14.3. The number of benzene rings is 1. The summed E-state index contributed by atoms with van der Waals surface area (Å²) in [6.45, 7) is 6.69. The van der Waals surface area contributed by atoms with Crippen LogP contribution >= 0.6 is 0 Å². The fourth-order valence-corrected chi connectivity index (χ4v) is 3.90. The van der Waals surface area contributed by atoms with Crippen LogP contribution in [0, 0.1) is 18.8 Å². The minimum absolute atomic E-state index is 0.118. The number of hydrogen-bond acceptors (Lipinski definition) is 2. The molecule has 0 amide bonds. The number of fused-ring (bicyclic) bond motifs is 1. The summed E-state index contributed by atoms with van der Waals surface area (Å²) >= 11 is 0. The molecule has 1 aliphatic carbocycles. The standard InChI is InChI=1S/C18H26O2/c1-12(2)14-6-8-18(9-7-14)11-16(19)15-10-13(3)4-5-17(15)20-18/h4-5,10,12,14,16,19H,6-9,11H2,1-3H3. The van der Waals surface area contributed by atoms with Crippen LogP contribution in [0.25, 0.3) is 0 Å². The second-order valence-electron chi connectivity index (χ2n) is 7.13. The van der Waals surface area contributed by atoms with Gasteiger partial charge in [0, 0.05) is 12.0 Å². The van der Waals surface area contributed by atoms with E-state index >= 15 is 0 Å². The van der Waals surface area contributed by atoms with Crippen LogP contribution in [-0.2, 0) is 0 Å². The lowest BCUT2D eigenvalue weighted by atomic mass is 9.71. The van der Waals surface area contributed by atoms with Crippen LogP contribution in [0.4, 0.5) is 0 Å². The first kappa shape index (κ1) is 13.9. The molecule has 20 heavy (non-hydrogen) atoms. The van der Waals surface area contributed by atoms with Gasteiger partial charge in [0.25, 0.3) is 0 Å². The third-order valence-electron chi connectivity index (χ3n) is 5.30. The van der Waals surface area contributed by atoms with Gasteiger partial charge in [-0.3, -0.25) is 0 Å². The van der Waals surface area contributed by atoms with Gasteiger partial charge in [-0.1, -0.05) is 25.5 Å². The lowest BCUT2D eigenvalue weighted by Gasteiger charge is -2.45. The van der Waals surface area contributed by atoms with Crippen molar-refractivity contribution in [3.05, 3.63) is 29.3 Å². The quantitative estimate of drug-likeness (QED) is 0.822. The van der Waals surface area contributed by atoms with Crippen molar-refractivity contribution in [2.45, 2.75) is 64.6 Å². The van der Waals surface area contributed by atoms with E-state index in [1.54, 1.807) is 0 Å². The number of hydrogen-bond donors (Lipinski definition) is 1. The van der Waals surface area contributed by atoms with Gasteiger partial charge in [0.05, 0.1) is 6.10 Å². The highest BCUT2D eigenvalue weighted by Gasteiger charge is 2.43. The third-order valence-corrected chi connectivity index (χ3v) is 5.30. The highest BCUT2D eigenvalue weighted by Crippen LogP contribution is 2.48. The maximum Gasteiger partial charge on any atom is 0.125 e. The molecule has 1 fully saturated rings. The van der Waals surface area contributed by atoms with Crippen LogP contribution in [0.2, 0.25) is 0 Å². The van der Waals surface area contributed by atoms with Crippen molar-refractivity contribution in [2.24, 2.45) is 11.8 Å². The Kier molecular flexibility index (Phi) is 3.53. The van der Waals surface area contributed by atoms with Crippen molar-refractivity contribution in [3.8, 4) is 5.75 Å². The Morgan fingerprint density at radius 2 is 1.95 bits per heavy atom. The predicted molar refractivity (Wildman–Crippen MR) is 80.9 cm³/mol. The molecule has 3 rings (SSSR count). The van der Waals surface area contributed by atoms with Crippen molar-refractivity contribution in [2.75, 3.05) is 0 Å². The fraction of sp³-hybridized carbons (Fsp3) is 0.667. The maximum atomic E-state index is 10.5. The third kappa shape index (κ3) is 2.46. The second-order valence-corrected chi connectivity index (χ2v) is 7.13. The van der Waals surface area contributed by atoms with E-state index in [4.69, 9.17) is 4.74 Å². The smallest absolute Gasteiger partial charge is 0.125 e. The first-order valence-corrected chi connectivity index (χ1v) is 7.97. The van der Waals surface area contributed by atoms with Crippen LogP contribution in [0.5, 0.6) is 5.75 Å². The van der Waals surface area contributed by atoms with E-state index in [0.717, 1.165) is 42.4 Å². The van der Waals surface area contributed by atoms with Crippen LogP contribution < -0.4 is 4.74 Å². The minimum atomic E-state index is -0.366. The molecule has 1 heterocycles. The van der Waals surface area contributed by atoms with E-state index < -0.39 is 0 Å². The Balaban J connectivity index is 1.80. The lowest BCUT2D eigenvalue weighted by molar-refractivity contribution is -0.0503. The molecule has 0 aromatic heterocycles. The Hall–Kier alpha value is -1.02. The van der Waals surface area contributed by atoms with Crippen LogP contribution in [0.15, 0.2) is 18.2 Å². The van der Waals surface area contributed by atoms with Gasteiger partial charge < -0.3 is 9.84 Å². The molecule has 1 unspecified atom stereocenters. The summed E-state index contributed by atoms with van der Waals surface area (Å²) in [4.78, 5) is 0. The molecule has 1 atom stereocenters. The van der Waals surface area contributed by atoms with Gasteiger partial charge >= 0.3 is 0 Å². The van der Waals surface area contributed by atoms with Crippen molar-refractivity contribution < 1.29 is 9.84 Å². The van der Waals surface area contributed by atoms with Gasteiger partial charge in [-0.2, -0.15) is 0 Å². The molecule has 0 bridgehead atoms. The number of aryl methyl sites for hydroxylation is 1. The molecule has 2 heteroatoms. The molecule has 110 valence electrons. The molecule has 1 N–H and O–H groups in total. The van der Waals surface area contributed by atoms with Crippen molar-refractivity contribution >= 4 is 0 Å². The average molecular weight is 274 g/mol. The van der Waals surface area contributed by atoms with Gasteiger partial charge in [0.1, 0.15) is 11.4 Å². The Labute approximate surface area is 122 Å². The molecule has 0 radical (unpaired) electrons. The summed E-state index contributed by atoms with van der Waals surface area (Å²) in [5.74, 6) is 2.48. The molecular weight excluding hydrogens is 248 g/mol. The molecule has 2 aliphatic rings. The fourth-order valence-electron chi connectivity index (χ4n) is 3.90. The monoisotopic (exact) mass is 274 g/mol.